The molecule has 23 heavy (non-hydrogen) atoms. The second-order valence-electron chi connectivity index (χ2n) is 4.80. The lowest BCUT2D eigenvalue weighted by molar-refractivity contribution is 0.0520. The Kier molecular flexibility index (Phi) is 4.39. The van der Waals surface area contributed by atoms with Gasteiger partial charge in [-0.1, -0.05) is 48.0 Å². The molecule has 5 nitrogen and oxygen atoms in total. The fourth-order valence-corrected chi connectivity index (χ4v) is 2.55. The van der Waals surface area contributed by atoms with E-state index in [1.54, 1.807) is 6.92 Å². The van der Waals surface area contributed by atoms with E-state index in [9.17, 15) is 4.79 Å². The first-order valence-corrected chi connectivity index (χ1v) is 7.51. The lowest BCUT2D eigenvalue weighted by atomic mass is 9.97. The number of aromatic nitrogens is 3. The van der Waals surface area contributed by atoms with E-state index in [4.69, 9.17) is 16.3 Å². The molecule has 0 aliphatic heterocycles. The molecular formula is C17H14ClN3O2. The molecule has 2 aromatic carbocycles. The number of esters is 1. The van der Waals surface area contributed by atoms with Gasteiger partial charge in [0.15, 0.2) is 5.69 Å². The number of hydrogen-bond donors (Lipinski definition) is 1. The molecule has 116 valence electrons. The second-order valence-corrected chi connectivity index (χ2v) is 5.23. The lowest BCUT2D eigenvalue weighted by Crippen LogP contribution is -2.07. The summed E-state index contributed by atoms with van der Waals surface area (Å²) in [5.41, 5.74) is 3.26. The summed E-state index contributed by atoms with van der Waals surface area (Å²) >= 11 is 6.09. The first-order valence-electron chi connectivity index (χ1n) is 7.14. The summed E-state index contributed by atoms with van der Waals surface area (Å²) in [7, 11) is 0. The molecular weight excluding hydrogens is 314 g/mol. The van der Waals surface area contributed by atoms with Gasteiger partial charge in [-0.15, -0.1) is 5.10 Å². The fourth-order valence-electron chi connectivity index (χ4n) is 2.36. The van der Waals surface area contributed by atoms with Gasteiger partial charge in [-0.2, -0.15) is 10.3 Å². The molecule has 1 heterocycles. The zero-order valence-electron chi connectivity index (χ0n) is 12.4. The zero-order valence-corrected chi connectivity index (χ0v) is 13.2. The van der Waals surface area contributed by atoms with Gasteiger partial charge in [0.05, 0.1) is 6.61 Å². The quantitative estimate of drug-likeness (QED) is 0.736. The number of nitrogens with zero attached hydrogens (tertiary/aromatic N) is 2. The van der Waals surface area contributed by atoms with Crippen molar-refractivity contribution in [2.24, 2.45) is 0 Å². The molecule has 0 radical (unpaired) electrons. The highest BCUT2D eigenvalue weighted by Gasteiger charge is 2.21. The molecule has 1 N–H and O–H groups in total. The summed E-state index contributed by atoms with van der Waals surface area (Å²) in [6, 6.07) is 15.1. The molecule has 0 aliphatic rings. The number of H-pyrrole nitrogens is 1. The second kappa shape index (κ2) is 6.62. The van der Waals surface area contributed by atoms with Gasteiger partial charge < -0.3 is 4.74 Å². The van der Waals surface area contributed by atoms with E-state index in [0.29, 0.717) is 10.7 Å². The Morgan fingerprint density at radius 1 is 1.13 bits per heavy atom. The number of ether oxygens (including phenoxy) is 1. The highest BCUT2D eigenvalue weighted by molar-refractivity contribution is 6.30. The Morgan fingerprint density at radius 2 is 1.91 bits per heavy atom. The van der Waals surface area contributed by atoms with Crippen LogP contribution in [0.5, 0.6) is 0 Å². The predicted molar refractivity (Wildman–Crippen MR) is 88.2 cm³/mol. The highest BCUT2D eigenvalue weighted by atomic mass is 35.5. The molecule has 0 bridgehead atoms. The van der Waals surface area contributed by atoms with Crippen molar-refractivity contribution >= 4 is 17.6 Å². The fraction of sp³-hybridized carbons (Fsp3) is 0.118. The zero-order chi connectivity index (χ0) is 16.2. The lowest BCUT2D eigenvalue weighted by Gasteiger charge is -2.09. The van der Waals surface area contributed by atoms with E-state index >= 15 is 0 Å². The van der Waals surface area contributed by atoms with Gasteiger partial charge in [0.2, 0.25) is 0 Å². The average molecular weight is 328 g/mol. The molecule has 0 unspecified atom stereocenters. The van der Waals surface area contributed by atoms with Crippen LogP contribution >= 0.6 is 11.6 Å². The monoisotopic (exact) mass is 327 g/mol. The summed E-state index contributed by atoms with van der Waals surface area (Å²) in [6.07, 6.45) is 0. The van der Waals surface area contributed by atoms with E-state index in [2.05, 4.69) is 15.4 Å². The van der Waals surface area contributed by atoms with Crippen LogP contribution in [-0.2, 0) is 4.74 Å². The third-order valence-electron chi connectivity index (χ3n) is 3.33. The molecule has 3 rings (SSSR count). The van der Waals surface area contributed by atoms with Crippen LogP contribution in [0.25, 0.3) is 22.4 Å². The normalized spacial score (nSPS) is 10.5. The molecule has 0 amide bonds. The summed E-state index contributed by atoms with van der Waals surface area (Å²) < 4.78 is 5.03. The molecule has 0 aliphatic carbocycles. The van der Waals surface area contributed by atoms with Gasteiger partial charge in [-0.3, -0.25) is 0 Å². The molecule has 0 fully saturated rings. The van der Waals surface area contributed by atoms with Crippen LogP contribution in [0.4, 0.5) is 0 Å². The number of carbonyl (C=O) groups is 1. The third kappa shape index (κ3) is 3.10. The van der Waals surface area contributed by atoms with Crippen LogP contribution in [-0.4, -0.2) is 28.0 Å². The van der Waals surface area contributed by atoms with Crippen molar-refractivity contribution in [3.63, 3.8) is 0 Å². The van der Waals surface area contributed by atoms with Gasteiger partial charge in [0, 0.05) is 10.6 Å². The molecule has 0 saturated heterocycles. The maximum Gasteiger partial charge on any atom is 0.361 e. The van der Waals surface area contributed by atoms with Crippen LogP contribution in [0.15, 0.2) is 48.5 Å². The minimum atomic E-state index is -0.503. The molecule has 3 aromatic rings. The summed E-state index contributed by atoms with van der Waals surface area (Å²) in [5.74, 6) is -0.503. The standard InChI is InChI=1S/C17H14ClN3O2/c1-2-23-17(22)16-15(19-21-20-16)14-9-4-3-8-13(14)11-6-5-7-12(18)10-11/h3-10H,2H2,1H3,(H,19,20,21). The van der Waals surface area contributed by atoms with E-state index in [0.717, 1.165) is 16.7 Å². The van der Waals surface area contributed by atoms with Crippen molar-refractivity contribution in [1.29, 1.82) is 0 Å². The number of hydrogen-bond acceptors (Lipinski definition) is 4. The van der Waals surface area contributed by atoms with Crippen molar-refractivity contribution < 1.29 is 9.53 Å². The minimum absolute atomic E-state index is 0.168. The summed E-state index contributed by atoms with van der Waals surface area (Å²) in [5, 5.41) is 11.2. The van der Waals surface area contributed by atoms with Gasteiger partial charge in [-0.05, 0) is 30.2 Å². The number of aromatic amines is 1. The number of benzene rings is 2. The van der Waals surface area contributed by atoms with E-state index in [1.807, 2.05) is 48.5 Å². The van der Waals surface area contributed by atoms with Crippen LogP contribution in [0.3, 0.4) is 0 Å². The SMILES string of the molecule is CCOC(=O)c1n[nH]nc1-c1ccccc1-c1cccc(Cl)c1. The van der Waals surface area contributed by atoms with Crippen LogP contribution < -0.4 is 0 Å². The minimum Gasteiger partial charge on any atom is -0.461 e. The van der Waals surface area contributed by atoms with Crippen molar-refractivity contribution in [2.75, 3.05) is 6.61 Å². The predicted octanol–water partition coefficient (Wildman–Crippen LogP) is 3.97. The van der Waals surface area contributed by atoms with Gasteiger partial charge >= 0.3 is 5.97 Å². The number of rotatable bonds is 4. The van der Waals surface area contributed by atoms with E-state index in [1.165, 1.54) is 0 Å². The topological polar surface area (TPSA) is 67.9 Å². The highest BCUT2D eigenvalue weighted by Crippen LogP contribution is 2.33. The average Bonchev–Trinajstić information content (AvgIpc) is 3.04. The van der Waals surface area contributed by atoms with Crippen LogP contribution in [0.2, 0.25) is 5.02 Å². The molecule has 1 aromatic heterocycles. The van der Waals surface area contributed by atoms with Crippen molar-refractivity contribution in [2.45, 2.75) is 6.92 Å². The maximum atomic E-state index is 12.0. The van der Waals surface area contributed by atoms with Gasteiger partial charge in [-0.25, -0.2) is 4.79 Å². The van der Waals surface area contributed by atoms with Crippen molar-refractivity contribution in [3.8, 4) is 22.4 Å². The molecule has 0 saturated carbocycles. The van der Waals surface area contributed by atoms with Gasteiger partial charge in [0.25, 0.3) is 0 Å². The summed E-state index contributed by atoms with van der Waals surface area (Å²) in [4.78, 5) is 12.0. The number of nitrogens with one attached hydrogen (secondary N) is 1. The molecule has 0 spiro atoms. The Morgan fingerprint density at radius 3 is 2.65 bits per heavy atom. The van der Waals surface area contributed by atoms with Crippen LogP contribution in [0, 0.1) is 0 Å². The first kappa shape index (κ1) is 15.2. The van der Waals surface area contributed by atoms with Gasteiger partial charge in [0.1, 0.15) is 5.69 Å². The smallest absolute Gasteiger partial charge is 0.361 e. The van der Waals surface area contributed by atoms with E-state index < -0.39 is 5.97 Å². The Labute approximate surface area is 138 Å². The summed E-state index contributed by atoms with van der Waals surface area (Å²) in [6.45, 7) is 2.03. The van der Waals surface area contributed by atoms with E-state index in [-0.39, 0.29) is 12.3 Å². The molecule has 0 atom stereocenters. The largest absolute Gasteiger partial charge is 0.461 e. The number of halogens is 1. The van der Waals surface area contributed by atoms with Crippen molar-refractivity contribution in [1.82, 2.24) is 15.4 Å². The maximum absolute atomic E-state index is 12.0. The van der Waals surface area contributed by atoms with Crippen LogP contribution in [0.1, 0.15) is 17.4 Å². The Balaban J connectivity index is 2.12. The number of carbonyl (C=O) groups excluding carboxylic acids is 1. The van der Waals surface area contributed by atoms with Crippen molar-refractivity contribution in [3.05, 3.63) is 59.2 Å². The Bertz CT molecular complexity index is 845. The molecule has 6 heteroatoms. The Hall–Kier alpha value is -2.66. The first-order chi connectivity index (χ1) is 11.2. The third-order valence-corrected chi connectivity index (χ3v) is 3.57.